The van der Waals surface area contributed by atoms with E-state index in [4.69, 9.17) is 16.3 Å². The zero-order valence-electron chi connectivity index (χ0n) is 18.5. The molecule has 0 saturated carbocycles. The summed E-state index contributed by atoms with van der Waals surface area (Å²) in [7, 11) is -3.38. The maximum atomic E-state index is 13.5. The number of carbonyl (C=O) groups is 1. The number of halogens is 4. The lowest BCUT2D eigenvalue weighted by Gasteiger charge is -2.16. The number of methoxy groups -OCH3 is 1. The van der Waals surface area contributed by atoms with Crippen LogP contribution >= 0.6 is 11.6 Å². The Labute approximate surface area is 207 Å². The molecule has 14 heteroatoms. The lowest BCUT2D eigenvalue weighted by atomic mass is 10.0. The van der Waals surface area contributed by atoms with Gasteiger partial charge in [0.1, 0.15) is 11.9 Å². The van der Waals surface area contributed by atoms with Gasteiger partial charge in [-0.1, -0.05) is 17.7 Å². The molecule has 0 bridgehead atoms. The number of anilines is 1. The van der Waals surface area contributed by atoms with Crippen LogP contribution in [0.5, 0.6) is 5.75 Å². The first-order valence-corrected chi connectivity index (χ1v) is 11.9. The van der Waals surface area contributed by atoms with Crippen molar-refractivity contribution in [1.82, 2.24) is 9.97 Å². The molecule has 0 aliphatic rings. The Morgan fingerprint density at radius 2 is 1.97 bits per heavy atom. The predicted octanol–water partition coefficient (Wildman–Crippen LogP) is 4.22. The minimum atomic E-state index is -4.78. The molecule has 3 aromatic heterocycles. The van der Waals surface area contributed by atoms with Crippen molar-refractivity contribution in [1.29, 1.82) is 0 Å². The lowest BCUT2D eigenvalue weighted by Crippen LogP contribution is -2.28. The number of aromatic nitrogens is 3. The van der Waals surface area contributed by atoms with Crippen LogP contribution in [-0.2, 0) is 16.2 Å². The molecule has 0 fully saturated rings. The van der Waals surface area contributed by atoms with Gasteiger partial charge in [0, 0.05) is 6.20 Å². The van der Waals surface area contributed by atoms with Crippen molar-refractivity contribution < 1.29 is 35.9 Å². The molecule has 0 saturated heterocycles. The van der Waals surface area contributed by atoms with Crippen LogP contribution in [0.1, 0.15) is 27.2 Å². The molecule has 0 spiro atoms. The molecule has 4 aromatic rings. The number of H-pyrrole nitrogens is 1. The number of ketones is 1. The van der Waals surface area contributed by atoms with Crippen LogP contribution in [-0.4, -0.2) is 31.3 Å². The highest BCUT2D eigenvalue weighted by Crippen LogP contribution is 2.34. The van der Waals surface area contributed by atoms with E-state index >= 15 is 0 Å². The number of carbonyl (C=O) groups excluding carboxylic acids is 1. The van der Waals surface area contributed by atoms with Gasteiger partial charge in [-0.05, 0) is 36.8 Å². The second-order valence-electron chi connectivity index (χ2n) is 7.60. The molecule has 4 rings (SSSR count). The highest BCUT2D eigenvalue weighted by atomic mass is 35.5. The topological polar surface area (TPSA) is 128 Å². The van der Waals surface area contributed by atoms with E-state index in [0.29, 0.717) is 10.8 Å². The summed E-state index contributed by atoms with van der Waals surface area (Å²) < 4.78 is 73.8. The summed E-state index contributed by atoms with van der Waals surface area (Å²) in [4.78, 5) is 19.5. The average molecular weight is 541 g/mol. The summed E-state index contributed by atoms with van der Waals surface area (Å²) in [5.74, 6) is -0.938. The number of hydrogen-bond donors (Lipinski definition) is 2. The normalized spacial score (nSPS) is 12.1. The summed E-state index contributed by atoms with van der Waals surface area (Å²) in [6.45, 7) is 1.20. The third-order valence-electron chi connectivity index (χ3n) is 5.28. The van der Waals surface area contributed by atoms with Gasteiger partial charge in [0.05, 0.1) is 45.4 Å². The van der Waals surface area contributed by atoms with E-state index in [1.807, 2.05) is 0 Å². The van der Waals surface area contributed by atoms with Crippen molar-refractivity contribution in [3.63, 3.8) is 0 Å². The number of aryl methyl sites for hydroxylation is 1. The van der Waals surface area contributed by atoms with Gasteiger partial charge in [0.15, 0.2) is 5.75 Å². The van der Waals surface area contributed by atoms with Crippen LogP contribution in [0.2, 0.25) is 5.02 Å². The van der Waals surface area contributed by atoms with Gasteiger partial charge in [-0.15, -0.1) is 0 Å². The maximum absolute atomic E-state index is 13.5. The van der Waals surface area contributed by atoms with E-state index in [1.54, 1.807) is 0 Å². The van der Waals surface area contributed by atoms with Gasteiger partial charge >= 0.3 is 6.18 Å². The predicted molar refractivity (Wildman–Crippen MR) is 123 cm³/mol. The van der Waals surface area contributed by atoms with Crippen LogP contribution in [0.15, 0.2) is 53.8 Å². The molecule has 0 atom stereocenters. The van der Waals surface area contributed by atoms with E-state index in [9.17, 15) is 31.6 Å². The third-order valence-corrected chi connectivity index (χ3v) is 6.85. The Kier molecular flexibility index (Phi) is 6.31. The van der Waals surface area contributed by atoms with Crippen molar-refractivity contribution >= 4 is 44.1 Å². The molecule has 9 nitrogen and oxygen atoms in total. The minimum absolute atomic E-state index is 0.0366. The van der Waals surface area contributed by atoms with Crippen molar-refractivity contribution in [3.8, 4) is 5.75 Å². The van der Waals surface area contributed by atoms with E-state index in [1.165, 1.54) is 26.3 Å². The Balaban J connectivity index is 1.83. The van der Waals surface area contributed by atoms with Gasteiger partial charge < -0.3 is 9.94 Å². The number of pyridine rings is 2. The van der Waals surface area contributed by atoms with E-state index in [-0.39, 0.29) is 38.6 Å². The summed E-state index contributed by atoms with van der Waals surface area (Å²) in [5, 5.41) is 12.3. The monoisotopic (exact) mass is 540 g/mol. The largest absolute Gasteiger partial charge is 0.710 e. The number of rotatable bonds is 6. The Hall–Kier alpha value is -3.84. The number of alkyl halides is 3. The van der Waals surface area contributed by atoms with E-state index in [0.717, 1.165) is 30.6 Å². The molecule has 0 amide bonds. The number of benzene rings is 1. The van der Waals surface area contributed by atoms with Gasteiger partial charge in [0.25, 0.3) is 15.7 Å². The Morgan fingerprint density at radius 3 is 2.64 bits per heavy atom. The molecule has 0 aliphatic carbocycles. The quantitative estimate of drug-likeness (QED) is 0.214. The highest BCUT2D eigenvalue weighted by Gasteiger charge is 2.34. The molecule has 0 unspecified atom stereocenters. The molecular weight excluding hydrogens is 525 g/mol. The fourth-order valence-corrected chi connectivity index (χ4v) is 4.84. The standard InChI is InChI=1S/C22H16ClF3N4O5S/c1-11-3-4-13(8-15(11)22(24,25)26)36(33,34)29-16-7-12(23)9-28-19(16)20(31)18-14-5-6-27-21(14)30(32)10-17(18)35-2/h3-10,27,29H,1-2H3. The average Bonchev–Trinajstić information content (AvgIpc) is 3.28. The first-order chi connectivity index (χ1) is 16.8. The smallest absolute Gasteiger partial charge is 0.416 e. The van der Waals surface area contributed by atoms with Crippen LogP contribution in [0.25, 0.3) is 11.0 Å². The third kappa shape index (κ3) is 4.54. The van der Waals surface area contributed by atoms with Gasteiger partial charge in [-0.2, -0.15) is 13.2 Å². The van der Waals surface area contributed by atoms with Crippen molar-refractivity contribution in [2.24, 2.45) is 0 Å². The zero-order valence-corrected chi connectivity index (χ0v) is 20.0. The number of aromatic amines is 1. The summed E-state index contributed by atoms with van der Waals surface area (Å²) >= 11 is 5.97. The summed E-state index contributed by atoms with van der Waals surface area (Å²) in [6, 6.07) is 5.06. The van der Waals surface area contributed by atoms with Crippen molar-refractivity contribution in [3.05, 3.63) is 81.5 Å². The first-order valence-electron chi connectivity index (χ1n) is 10.0. The Morgan fingerprint density at radius 1 is 1.25 bits per heavy atom. The highest BCUT2D eigenvalue weighted by molar-refractivity contribution is 7.92. The summed E-state index contributed by atoms with van der Waals surface area (Å²) in [5.41, 5.74) is -2.15. The number of nitrogens with one attached hydrogen (secondary N) is 2. The van der Waals surface area contributed by atoms with Gasteiger partial charge in [-0.25, -0.2) is 23.1 Å². The molecule has 0 aliphatic heterocycles. The molecule has 2 N–H and O–H groups in total. The fourth-order valence-electron chi connectivity index (χ4n) is 3.60. The van der Waals surface area contributed by atoms with Gasteiger partial charge in [0.2, 0.25) is 5.78 Å². The molecule has 36 heavy (non-hydrogen) atoms. The summed E-state index contributed by atoms with van der Waals surface area (Å²) in [6.07, 6.45) is -1.25. The number of ether oxygens (including phenoxy) is 1. The van der Waals surface area contributed by atoms with Crippen LogP contribution < -0.4 is 14.2 Å². The lowest BCUT2D eigenvalue weighted by molar-refractivity contribution is -0.579. The molecule has 188 valence electrons. The molecule has 3 heterocycles. The van der Waals surface area contributed by atoms with Crippen molar-refractivity contribution in [2.45, 2.75) is 18.0 Å². The molecular formula is C22H16ClF3N4O5S. The second-order valence-corrected chi connectivity index (χ2v) is 9.72. The zero-order chi connectivity index (χ0) is 26.4. The number of sulfonamides is 1. The minimum Gasteiger partial charge on any atom is -0.710 e. The number of nitrogens with zero attached hydrogens (tertiary/aromatic N) is 2. The van der Waals surface area contributed by atoms with E-state index < -0.39 is 38.1 Å². The first kappa shape index (κ1) is 25.3. The fraction of sp³-hybridized carbons (Fsp3) is 0.136. The maximum Gasteiger partial charge on any atom is 0.416 e. The van der Waals surface area contributed by atoms with Crippen LogP contribution in [0, 0.1) is 12.1 Å². The number of hydrogen-bond acceptors (Lipinski definition) is 6. The number of fused-ring (bicyclic) bond motifs is 1. The van der Waals surface area contributed by atoms with Gasteiger partial charge in [-0.3, -0.25) is 9.52 Å². The van der Waals surface area contributed by atoms with E-state index in [2.05, 4.69) is 14.7 Å². The molecule has 1 aromatic carbocycles. The second kappa shape index (κ2) is 8.99. The van der Waals surface area contributed by atoms with Crippen molar-refractivity contribution in [2.75, 3.05) is 11.8 Å². The van der Waals surface area contributed by atoms with Crippen LogP contribution in [0.4, 0.5) is 18.9 Å². The SMILES string of the molecule is COc1c[n+]([O-])c2[nH]ccc2c1C(=O)c1ncc(Cl)cc1NS(=O)(=O)c1ccc(C)c(C(F)(F)F)c1. The molecule has 0 radical (unpaired) electrons. The van der Waals surface area contributed by atoms with Crippen LogP contribution in [0.3, 0.4) is 0 Å². The Bertz CT molecular complexity index is 1620.